The predicted octanol–water partition coefficient (Wildman–Crippen LogP) is 6.43. The SMILES string of the molecule is O=C(/C=C/c1cn(-c2ccccc2)nc1-c1ccccc1)c1ccc(N2CCCCC2)cc1. The van der Waals surface area contributed by atoms with Crippen LogP contribution in [0.25, 0.3) is 23.0 Å². The number of ketones is 1. The maximum Gasteiger partial charge on any atom is 0.185 e. The minimum Gasteiger partial charge on any atom is -0.372 e. The van der Waals surface area contributed by atoms with E-state index in [0.717, 1.165) is 35.6 Å². The molecular formula is C29H27N3O. The Morgan fingerprint density at radius 1 is 0.758 bits per heavy atom. The minimum absolute atomic E-state index is 0.00772. The second-order valence-electron chi connectivity index (χ2n) is 8.37. The zero-order chi connectivity index (χ0) is 22.5. The molecule has 2 heterocycles. The Hall–Kier alpha value is -3.92. The van der Waals surface area contributed by atoms with E-state index in [-0.39, 0.29) is 5.78 Å². The highest BCUT2D eigenvalue weighted by Gasteiger charge is 2.13. The molecule has 0 unspecified atom stereocenters. The third kappa shape index (κ3) is 4.80. The second kappa shape index (κ2) is 9.70. The average molecular weight is 434 g/mol. The lowest BCUT2D eigenvalue weighted by atomic mass is 10.1. The van der Waals surface area contributed by atoms with Gasteiger partial charge in [-0.25, -0.2) is 4.68 Å². The molecule has 0 amide bonds. The third-order valence-electron chi connectivity index (χ3n) is 6.10. The van der Waals surface area contributed by atoms with Crippen molar-refractivity contribution < 1.29 is 4.79 Å². The summed E-state index contributed by atoms with van der Waals surface area (Å²) in [5.41, 5.74) is 5.65. The number of aromatic nitrogens is 2. The topological polar surface area (TPSA) is 38.1 Å². The first-order valence-electron chi connectivity index (χ1n) is 11.6. The van der Waals surface area contributed by atoms with Gasteiger partial charge in [-0.2, -0.15) is 5.10 Å². The van der Waals surface area contributed by atoms with Crippen LogP contribution < -0.4 is 4.90 Å². The number of para-hydroxylation sites is 1. The van der Waals surface area contributed by atoms with Gasteiger partial charge in [0.1, 0.15) is 0 Å². The Balaban J connectivity index is 1.40. The molecule has 3 aromatic carbocycles. The fourth-order valence-corrected chi connectivity index (χ4v) is 4.29. The number of benzene rings is 3. The number of hydrogen-bond donors (Lipinski definition) is 0. The standard InChI is InChI=1S/C29H27N3O/c33-28(23-14-17-26(18-15-23)31-20-8-3-9-21-31)19-16-25-22-32(27-12-6-2-7-13-27)30-29(25)24-10-4-1-5-11-24/h1-2,4-7,10-19,22H,3,8-9,20-21H2/b19-16+. The molecule has 1 aliphatic heterocycles. The van der Waals surface area contributed by atoms with Crippen molar-refractivity contribution in [2.75, 3.05) is 18.0 Å². The summed E-state index contributed by atoms with van der Waals surface area (Å²) in [5, 5.41) is 4.81. The number of hydrogen-bond acceptors (Lipinski definition) is 3. The number of nitrogens with zero attached hydrogens (tertiary/aromatic N) is 3. The molecule has 1 fully saturated rings. The number of allylic oxidation sites excluding steroid dienone is 1. The van der Waals surface area contributed by atoms with E-state index < -0.39 is 0 Å². The summed E-state index contributed by atoms with van der Waals surface area (Å²) in [6, 6.07) is 28.1. The molecule has 0 radical (unpaired) electrons. The predicted molar refractivity (Wildman–Crippen MR) is 135 cm³/mol. The van der Waals surface area contributed by atoms with E-state index in [4.69, 9.17) is 5.10 Å². The van der Waals surface area contributed by atoms with Gasteiger partial charge in [0, 0.05) is 41.7 Å². The lowest BCUT2D eigenvalue weighted by Gasteiger charge is -2.28. The lowest BCUT2D eigenvalue weighted by molar-refractivity contribution is 0.104. The summed E-state index contributed by atoms with van der Waals surface area (Å²) in [6.45, 7) is 2.20. The fourth-order valence-electron chi connectivity index (χ4n) is 4.29. The van der Waals surface area contributed by atoms with Crippen molar-refractivity contribution in [1.29, 1.82) is 0 Å². The highest BCUT2D eigenvalue weighted by molar-refractivity contribution is 6.07. The second-order valence-corrected chi connectivity index (χ2v) is 8.37. The third-order valence-corrected chi connectivity index (χ3v) is 6.10. The first kappa shape index (κ1) is 21.0. The van der Waals surface area contributed by atoms with Crippen molar-refractivity contribution in [2.45, 2.75) is 19.3 Å². The normalized spacial score (nSPS) is 14.0. The molecular weight excluding hydrogens is 406 g/mol. The van der Waals surface area contributed by atoms with Gasteiger partial charge in [0.25, 0.3) is 0 Å². The summed E-state index contributed by atoms with van der Waals surface area (Å²) >= 11 is 0. The van der Waals surface area contributed by atoms with E-state index in [0.29, 0.717) is 5.56 Å². The monoisotopic (exact) mass is 433 g/mol. The molecule has 0 saturated carbocycles. The quantitative estimate of drug-likeness (QED) is 0.260. The van der Waals surface area contributed by atoms with Crippen LogP contribution in [0.4, 0.5) is 5.69 Å². The van der Waals surface area contributed by atoms with Crippen molar-refractivity contribution >= 4 is 17.5 Å². The van der Waals surface area contributed by atoms with Crippen LogP contribution in [0.3, 0.4) is 0 Å². The summed E-state index contributed by atoms with van der Waals surface area (Å²) < 4.78 is 1.86. The largest absolute Gasteiger partial charge is 0.372 e. The van der Waals surface area contributed by atoms with Crippen molar-refractivity contribution in [2.24, 2.45) is 0 Å². The zero-order valence-corrected chi connectivity index (χ0v) is 18.6. The summed E-state index contributed by atoms with van der Waals surface area (Å²) in [4.78, 5) is 15.3. The van der Waals surface area contributed by atoms with Crippen molar-refractivity contribution in [1.82, 2.24) is 9.78 Å². The van der Waals surface area contributed by atoms with Crippen LogP contribution in [0, 0.1) is 0 Å². The number of carbonyl (C=O) groups is 1. The molecule has 33 heavy (non-hydrogen) atoms. The van der Waals surface area contributed by atoms with Gasteiger partial charge in [-0.3, -0.25) is 4.79 Å². The number of carbonyl (C=O) groups excluding carboxylic acids is 1. The van der Waals surface area contributed by atoms with Gasteiger partial charge >= 0.3 is 0 Å². The van der Waals surface area contributed by atoms with Crippen LogP contribution >= 0.6 is 0 Å². The van der Waals surface area contributed by atoms with Crippen LogP contribution in [-0.2, 0) is 0 Å². The van der Waals surface area contributed by atoms with Crippen molar-refractivity contribution in [3.63, 3.8) is 0 Å². The van der Waals surface area contributed by atoms with E-state index in [1.807, 2.05) is 89.8 Å². The molecule has 164 valence electrons. The molecule has 0 N–H and O–H groups in total. The molecule has 1 aromatic heterocycles. The van der Waals surface area contributed by atoms with Crippen LogP contribution in [0.2, 0.25) is 0 Å². The molecule has 4 aromatic rings. The average Bonchev–Trinajstić information content (AvgIpc) is 3.33. The minimum atomic E-state index is -0.00772. The number of anilines is 1. The first-order chi connectivity index (χ1) is 16.3. The van der Waals surface area contributed by atoms with Gasteiger partial charge in [-0.15, -0.1) is 0 Å². The van der Waals surface area contributed by atoms with E-state index >= 15 is 0 Å². The van der Waals surface area contributed by atoms with Gasteiger partial charge in [-0.1, -0.05) is 48.5 Å². The molecule has 0 atom stereocenters. The van der Waals surface area contributed by atoms with Gasteiger partial charge < -0.3 is 4.90 Å². The smallest absolute Gasteiger partial charge is 0.185 e. The lowest BCUT2D eigenvalue weighted by Crippen LogP contribution is -2.29. The summed E-state index contributed by atoms with van der Waals surface area (Å²) in [7, 11) is 0. The van der Waals surface area contributed by atoms with Gasteiger partial charge in [0.15, 0.2) is 5.78 Å². The van der Waals surface area contributed by atoms with Crippen LogP contribution in [-0.4, -0.2) is 28.7 Å². The Morgan fingerprint density at radius 2 is 1.42 bits per heavy atom. The van der Waals surface area contributed by atoms with Gasteiger partial charge in [-0.05, 0) is 67.8 Å². The fraction of sp³-hybridized carbons (Fsp3) is 0.172. The van der Waals surface area contributed by atoms with Crippen LogP contribution in [0.1, 0.15) is 35.2 Å². The Kier molecular flexibility index (Phi) is 6.16. The Labute approximate surface area is 194 Å². The molecule has 1 saturated heterocycles. The summed E-state index contributed by atoms with van der Waals surface area (Å²) in [5.74, 6) is -0.00772. The maximum atomic E-state index is 12.9. The Morgan fingerprint density at radius 3 is 2.12 bits per heavy atom. The molecule has 0 bridgehead atoms. The molecule has 0 spiro atoms. The maximum absolute atomic E-state index is 12.9. The molecule has 1 aliphatic rings. The molecule has 0 aliphatic carbocycles. The zero-order valence-electron chi connectivity index (χ0n) is 18.6. The van der Waals surface area contributed by atoms with Crippen LogP contribution in [0.15, 0.2) is 97.2 Å². The number of piperidine rings is 1. The van der Waals surface area contributed by atoms with E-state index in [1.54, 1.807) is 6.08 Å². The summed E-state index contributed by atoms with van der Waals surface area (Å²) in [6.07, 6.45) is 9.28. The van der Waals surface area contributed by atoms with E-state index in [9.17, 15) is 4.79 Å². The number of rotatable bonds is 6. The molecule has 4 nitrogen and oxygen atoms in total. The van der Waals surface area contributed by atoms with E-state index in [1.165, 1.54) is 24.9 Å². The highest BCUT2D eigenvalue weighted by Crippen LogP contribution is 2.25. The Bertz CT molecular complexity index is 1240. The van der Waals surface area contributed by atoms with Crippen molar-refractivity contribution in [3.05, 3.63) is 108 Å². The first-order valence-corrected chi connectivity index (χ1v) is 11.6. The van der Waals surface area contributed by atoms with Crippen molar-refractivity contribution in [3.8, 4) is 16.9 Å². The molecule has 5 rings (SSSR count). The van der Waals surface area contributed by atoms with Crippen LogP contribution in [0.5, 0.6) is 0 Å². The van der Waals surface area contributed by atoms with Gasteiger partial charge in [0.2, 0.25) is 0 Å². The highest BCUT2D eigenvalue weighted by atomic mass is 16.1. The van der Waals surface area contributed by atoms with E-state index in [2.05, 4.69) is 17.0 Å². The molecule has 4 heteroatoms. The van der Waals surface area contributed by atoms with Gasteiger partial charge in [0.05, 0.1) is 11.4 Å².